The number of imidazole rings is 1. The summed E-state index contributed by atoms with van der Waals surface area (Å²) >= 11 is 5.54. The third kappa shape index (κ3) is 12.6. The van der Waals surface area contributed by atoms with E-state index in [0.717, 1.165) is 24.1 Å². The Morgan fingerprint density at radius 2 is 1.58 bits per heavy atom. The van der Waals surface area contributed by atoms with Crippen LogP contribution in [0.15, 0.2) is 17.0 Å². The first kappa shape index (κ1) is 36.6. The van der Waals surface area contributed by atoms with Crippen LogP contribution in [0.1, 0.15) is 89.4 Å². The number of thiocarbonyl (C=S) groups is 1. The fraction of sp³-hybridized carbons (Fsp3) is 0.652. The molecular weight excluding hydrogens is 542 g/mol. The van der Waals surface area contributed by atoms with Crippen molar-refractivity contribution >= 4 is 48.4 Å². The molecule has 0 bridgehead atoms. The maximum atomic E-state index is 11.7. The molecule has 0 spiro atoms. The van der Waals surface area contributed by atoms with Crippen LogP contribution in [-0.2, 0) is 33.1 Å². The third-order valence-corrected chi connectivity index (χ3v) is 8.34. The monoisotopic (exact) mass is 576 g/mol. The molecule has 192 valence electrons. The Morgan fingerprint density at radius 1 is 1.00 bits per heavy atom. The Balaban J connectivity index is 0.00000612. The van der Waals surface area contributed by atoms with Crippen LogP contribution in [0.3, 0.4) is 0 Å². The SMILES string of the molecule is CCCCCCCCCCC(=S)Cc1cc(S(=O)(=O)[O-])cc2[nH]c(CCC(C)S(=O)(=O)[O-])nc12.[Na+].[Na+]. The van der Waals surface area contributed by atoms with Gasteiger partial charge in [0.25, 0.3) is 0 Å². The first-order chi connectivity index (χ1) is 15.9. The molecule has 36 heavy (non-hydrogen) atoms. The van der Waals surface area contributed by atoms with Crippen LogP contribution in [0.2, 0.25) is 0 Å². The van der Waals surface area contributed by atoms with Gasteiger partial charge in [0, 0.05) is 18.1 Å². The minimum atomic E-state index is -4.68. The molecule has 1 atom stereocenters. The van der Waals surface area contributed by atoms with Crippen molar-refractivity contribution in [2.75, 3.05) is 0 Å². The molecule has 0 radical (unpaired) electrons. The van der Waals surface area contributed by atoms with Crippen molar-refractivity contribution in [3.8, 4) is 0 Å². The number of benzene rings is 1. The van der Waals surface area contributed by atoms with E-state index in [9.17, 15) is 25.9 Å². The number of fused-ring (bicyclic) bond motifs is 1. The first-order valence-corrected chi connectivity index (χ1v) is 15.1. The molecule has 1 aromatic carbocycles. The number of hydrogen-bond acceptors (Lipinski definition) is 8. The number of aromatic nitrogens is 2. The molecule has 1 N–H and O–H groups in total. The van der Waals surface area contributed by atoms with Gasteiger partial charge in [0.1, 0.15) is 15.9 Å². The first-order valence-electron chi connectivity index (χ1n) is 11.9. The topological polar surface area (TPSA) is 143 Å². The summed E-state index contributed by atoms with van der Waals surface area (Å²) in [6.07, 6.45) is 10.8. The quantitative estimate of drug-likeness (QED) is 0.113. The fourth-order valence-corrected chi connectivity index (χ4v) is 5.10. The Morgan fingerprint density at radius 3 is 2.14 bits per heavy atom. The zero-order chi connectivity index (χ0) is 25.4. The summed E-state index contributed by atoms with van der Waals surface area (Å²) in [7, 11) is -9.09. The number of nitrogens with one attached hydrogen (secondary N) is 1. The van der Waals surface area contributed by atoms with Gasteiger partial charge in [-0.1, -0.05) is 64.1 Å². The molecule has 8 nitrogen and oxygen atoms in total. The average Bonchev–Trinajstić information content (AvgIpc) is 3.16. The largest absolute Gasteiger partial charge is 1.00 e. The predicted molar refractivity (Wildman–Crippen MR) is 135 cm³/mol. The Hall–Kier alpha value is 0.600. The van der Waals surface area contributed by atoms with Gasteiger partial charge in [-0.15, -0.1) is 0 Å². The second-order valence-electron chi connectivity index (χ2n) is 8.90. The molecule has 1 aromatic heterocycles. The van der Waals surface area contributed by atoms with Crippen LogP contribution >= 0.6 is 12.2 Å². The summed E-state index contributed by atoms with van der Waals surface area (Å²) in [5.41, 5.74) is 1.41. The third-order valence-electron chi connectivity index (χ3n) is 5.95. The van der Waals surface area contributed by atoms with Gasteiger partial charge in [-0.25, -0.2) is 21.8 Å². The number of aryl methyl sites for hydroxylation is 1. The van der Waals surface area contributed by atoms with Crippen molar-refractivity contribution in [3.05, 3.63) is 23.5 Å². The van der Waals surface area contributed by atoms with E-state index in [1.165, 1.54) is 57.6 Å². The van der Waals surface area contributed by atoms with Crippen molar-refractivity contribution in [2.24, 2.45) is 0 Å². The van der Waals surface area contributed by atoms with Crippen LogP contribution < -0.4 is 59.1 Å². The van der Waals surface area contributed by atoms with Gasteiger partial charge in [-0.2, -0.15) is 0 Å². The molecule has 2 aromatic rings. The van der Waals surface area contributed by atoms with Crippen molar-refractivity contribution in [3.63, 3.8) is 0 Å². The molecule has 0 aliphatic heterocycles. The van der Waals surface area contributed by atoms with Gasteiger partial charge in [-0.05, 0) is 48.7 Å². The Bertz CT molecular complexity index is 1180. The van der Waals surface area contributed by atoms with Crippen molar-refractivity contribution in [1.29, 1.82) is 0 Å². The Labute approximate surface area is 265 Å². The minimum absolute atomic E-state index is 0. The van der Waals surface area contributed by atoms with E-state index in [1.54, 1.807) is 0 Å². The molecule has 0 fully saturated rings. The molecule has 0 amide bonds. The van der Waals surface area contributed by atoms with Gasteiger partial charge in [-0.3, -0.25) is 0 Å². The van der Waals surface area contributed by atoms with E-state index in [1.807, 2.05) is 0 Å². The van der Waals surface area contributed by atoms with Gasteiger partial charge in [0.15, 0.2) is 0 Å². The van der Waals surface area contributed by atoms with Crippen molar-refractivity contribution in [1.82, 2.24) is 9.97 Å². The smallest absolute Gasteiger partial charge is 0.748 e. The average molecular weight is 577 g/mol. The standard InChI is InChI=1S/C23H36N2O6S3.2Na/c1-3-4-5-6-7-8-9-10-11-19(32)14-18-15-20(34(29,30)31)16-21-23(18)25-22(24-21)13-12-17(2)33(26,27)28;;/h15-17H,3-14H2,1-2H3,(H,24,25)(H,26,27,28)(H,29,30,31);;/q;2*+1/p-2. The van der Waals surface area contributed by atoms with Gasteiger partial charge < -0.3 is 14.1 Å². The Kier molecular flexibility index (Phi) is 17.6. The van der Waals surface area contributed by atoms with Crippen LogP contribution in [0.25, 0.3) is 11.0 Å². The molecule has 0 saturated carbocycles. The number of rotatable bonds is 16. The number of hydrogen-bond donors (Lipinski definition) is 1. The normalized spacial score (nSPS) is 12.7. The van der Waals surface area contributed by atoms with Crippen LogP contribution in [0.5, 0.6) is 0 Å². The van der Waals surface area contributed by atoms with E-state index in [-0.39, 0.29) is 76.9 Å². The van der Waals surface area contributed by atoms with E-state index < -0.39 is 25.5 Å². The van der Waals surface area contributed by atoms with Crippen molar-refractivity contribution in [2.45, 2.75) is 101 Å². The zero-order valence-electron chi connectivity index (χ0n) is 21.8. The summed E-state index contributed by atoms with van der Waals surface area (Å²) in [6, 6.07) is 2.55. The molecule has 0 aliphatic carbocycles. The van der Waals surface area contributed by atoms with Crippen LogP contribution in [0, 0.1) is 0 Å². The van der Waals surface area contributed by atoms with Crippen molar-refractivity contribution < 1.29 is 85.1 Å². The fourth-order valence-electron chi connectivity index (χ4n) is 3.85. The minimum Gasteiger partial charge on any atom is -0.748 e. The molecular formula is C23H34N2Na2O6S3. The molecule has 0 aliphatic rings. The second-order valence-corrected chi connectivity index (χ2v) is 12.6. The second kappa shape index (κ2) is 17.3. The van der Waals surface area contributed by atoms with Gasteiger partial charge >= 0.3 is 59.1 Å². The summed E-state index contributed by atoms with van der Waals surface area (Å²) in [5.74, 6) is 0.418. The van der Waals surface area contributed by atoms with Crippen LogP contribution in [-0.4, -0.2) is 46.0 Å². The summed E-state index contributed by atoms with van der Waals surface area (Å²) in [5, 5.41) is -1.07. The maximum absolute atomic E-state index is 11.7. The van der Waals surface area contributed by atoms with E-state index in [2.05, 4.69) is 16.9 Å². The molecule has 2 rings (SSSR count). The molecule has 13 heteroatoms. The summed E-state index contributed by atoms with van der Waals surface area (Å²) < 4.78 is 68.4. The number of H-pyrrole nitrogens is 1. The van der Waals surface area contributed by atoms with Gasteiger partial charge in [0.05, 0.1) is 26.0 Å². The summed E-state index contributed by atoms with van der Waals surface area (Å²) in [4.78, 5) is 7.84. The van der Waals surface area contributed by atoms with E-state index >= 15 is 0 Å². The molecule has 1 unspecified atom stereocenters. The molecule has 0 saturated heterocycles. The molecule has 1 heterocycles. The number of unbranched alkanes of at least 4 members (excludes halogenated alkanes) is 7. The van der Waals surface area contributed by atoms with E-state index in [0.29, 0.717) is 28.8 Å². The van der Waals surface area contributed by atoms with Gasteiger partial charge in [0.2, 0.25) is 0 Å². The zero-order valence-corrected chi connectivity index (χ0v) is 28.3. The number of nitrogens with zero attached hydrogens (tertiary/aromatic N) is 1. The van der Waals surface area contributed by atoms with E-state index in [4.69, 9.17) is 12.2 Å². The summed E-state index contributed by atoms with van der Waals surface area (Å²) in [6.45, 7) is 3.53. The number of aromatic amines is 1. The van der Waals surface area contributed by atoms with Crippen LogP contribution in [0.4, 0.5) is 0 Å². The maximum Gasteiger partial charge on any atom is 1.00 e. The predicted octanol–water partition coefficient (Wildman–Crippen LogP) is -1.22.